The average molecular weight is 203 g/mol. The minimum Gasteiger partial charge on any atom is -0.294 e. The van der Waals surface area contributed by atoms with Crippen molar-refractivity contribution >= 4 is 17.4 Å². The summed E-state index contributed by atoms with van der Waals surface area (Å²) in [5.74, 6) is -0.841. The van der Waals surface area contributed by atoms with Crippen molar-refractivity contribution in [2.75, 3.05) is 0 Å². The minimum absolute atomic E-state index is 0.0394. The van der Waals surface area contributed by atoms with Gasteiger partial charge in [-0.15, -0.1) is 0 Å². The third-order valence-electron chi connectivity index (χ3n) is 1.31. The smallest absolute Gasteiger partial charge is 0.162 e. The largest absolute Gasteiger partial charge is 0.294 e. The molecule has 0 bridgehead atoms. The monoisotopic (exact) mass is 202 g/mol. The molecule has 0 amide bonds. The van der Waals surface area contributed by atoms with Gasteiger partial charge < -0.3 is 0 Å². The summed E-state index contributed by atoms with van der Waals surface area (Å²) < 4.78 is 12.7. The SMILES string of the molecule is CC.CC(=O)c1cc(Cl)ccc1F. The quantitative estimate of drug-likeness (QED) is 0.635. The van der Waals surface area contributed by atoms with E-state index < -0.39 is 5.82 Å². The molecule has 0 aliphatic heterocycles. The molecular weight excluding hydrogens is 191 g/mol. The van der Waals surface area contributed by atoms with Crippen molar-refractivity contribution in [2.45, 2.75) is 20.8 Å². The number of Topliss-reactive ketones (excluding diaryl/α,β-unsaturated/α-hetero) is 1. The van der Waals surface area contributed by atoms with E-state index in [0.29, 0.717) is 5.02 Å². The standard InChI is InChI=1S/C8H6ClFO.C2H6/c1-5(11)7-4-6(9)2-3-8(7)10;1-2/h2-4H,1H3;1-2H3. The first-order chi connectivity index (χ1) is 6.11. The Bertz CT molecular complexity index is 297. The van der Waals surface area contributed by atoms with E-state index >= 15 is 0 Å². The molecule has 0 N–H and O–H groups in total. The number of benzene rings is 1. The maximum Gasteiger partial charge on any atom is 0.162 e. The predicted octanol–water partition coefficient (Wildman–Crippen LogP) is 3.71. The van der Waals surface area contributed by atoms with Crippen molar-refractivity contribution in [3.05, 3.63) is 34.6 Å². The molecule has 1 aromatic rings. The molecule has 0 heterocycles. The molecule has 0 saturated heterocycles. The van der Waals surface area contributed by atoms with Gasteiger partial charge in [-0.2, -0.15) is 0 Å². The second kappa shape index (κ2) is 5.70. The highest BCUT2D eigenvalue weighted by Crippen LogP contribution is 2.14. The molecule has 0 fully saturated rings. The van der Waals surface area contributed by atoms with Crippen LogP contribution < -0.4 is 0 Å². The Balaban J connectivity index is 0.000000671. The molecule has 0 aromatic heterocycles. The Morgan fingerprint density at radius 2 is 1.92 bits per heavy atom. The summed E-state index contributed by atoms with van der Waals surface area (Å²) in [6, 6.07) is 3.90. The molecule has 1 nitrogen and oxygen atoms in total. The lowest BCUT2D eigenvalue weighted by Gasteiger charge is -1.97. The highest BCUT2D eigenvalue weighted by atomic mass is 35.5. The maximum atomic E-state index is 12.7. The fraction of sp³-hybridized carbons (Fsp3) is 0.300. The molecule has 0 atom stereocenters. The van der Waals surface area contributed by atoms with E-state index in [9.17, 15) is 9.18 Å². The van der Waals surface area contributed by atoms with Crippen molar-refractivity contribution in [3.8, 4) is 0 Å². The number of halogens is 2. The van der Waals surface area contributed by atoms with Crippen molar-refractivity contribution in [3.63, 3.8) is 0 Å². The topological polar surface area (TPSA) is 17.1 Å². The van der Waals surface area contributed by atoms with E-state index in [0.717, 1.165) is 0 Å². The molecule has 0 aliphatic rings. The maximum absolute atomic E-state index is 12.7. The highest BCUT2D eigenvalue weighted by Gasteiger charge is 2.06. The third-order valence-corrected chi connectivity index (χ3v) is 1.54. The van der Waals surface area contributed by atoms with E-state index in [1.807, 2.05) is 13.8 Å². The lowest BCUT2D eigenvalue weighted by atomic mass is 10.1. The van der Waals surface area contributed by atoms with Crippen LogP contribution in [0.4, 0.5) is 4.39 Å². The van der Waals surface area contributed by atoms with Gasteiger partial charge in [-0.3, -0.25) is 4.79 Å². The zero-order valence-electron chi connectivity index (χ0n) is 7.90. The molecule has 0 radical (unpaired) electrons. The Morgan fingerprint density at radius 1 is 1.38 bits per heavy atom. The van der Waals surface area contributed by atoms with Gasteiger partial charge in [0.1, 0.15) is 5.82 Å². The lowest BCUT2D eigenvalue weighted by Crippen LogP contribution is -1.95. The van der Waals surface area contributed by atoms with E-state index in [1.165, 1.54) is 25.1 Å². The van der Waals surface area contributed by atoms with Crippen LogP contribution in [0.5, 0.6) is 0 Å². The van der Waals surface area contributed by atoms with Gasteiger partial charge in [0, 0.05) is 5.02 Å². The first kappa shape index (κ1) is 12.1. The second-order valence-corrected chi connectivity index (χ2v) is 2.62. The van der Waals surface area contributed by atoms with E-state index in [1.54, 1.807) is 0 Å². The average Bonchev–Trinajstić information content (AvgIpc) is 2.12. The zero-order valence-corrected chi connectivity index (χ0v) is 8.65. The number of ketones is 1. The van der Waals surface area contributed by atoms with Crippen molar-refractivity contribution in [2.24, 2.45) is 0 Å². The predicted molar refractivity (Wildman–Crippen MR) is 52.8 cm³/mol. The van der Waals surface area contributed by atoms with E-state index in [2.05, 4.69) is 0 Å². The molecule has 0 unspecified atom stereocenters. The van der Waals surface area contributed by atoms with Gasteiger partial charge in [0.25, 0.3) is 0 Å². The highest BCUT2D eigenvalue weighted by molar-refractivity contribution is 6.30. The second-order valence-electron chi connectivity index (χ2n) is 2.18. The summed E-state index contributed by atoms with van der Waals surface area (Å²) in [6.45, 7) is 5.30. The normalized spacial score (nSPS) is 8.69. The van der Waals surface area contributed by atoms with Crippen LogP contribution in [0.2, 0.25) is 5.02 Å². The fourth-order valence-corrected chi connectivity index (χ4v) is 0.939. The van der Waals surface area contributed by atoms with Crippen molar-refractivity contribution in [1.82, 2.24) is 0 Å². The summed E-state index contributed by atoms with van der Waals surface area (Å²) in [5, 5.41) is 0.372. The molecule has 0 spiro atoms. The first-order valence-electron chi connectivity index (χ1n) is 4.07. The number of carbonyl (C=O) groups is 1. The first-order valence-corrected chi connectivity index (χ1v) is 4.45. The Morgan fingerprint density at radius 3 is 2.31 bits per heavy atom. The number of rotatable bonds is 1. The lowest BCUT2D eigenvalue weighted by molar-refractivity contribution is 0.101. The van der Waals surface area contributed by atoms with Crippen LogP contribution >= 0.6 is 11.6 Å². The third kappa shape index (κ3) is 3.55. The van der Waals surface area contributed by atoms with Crippen LogP contribution in [0, 0.1) is 5.82 Å². The molecule has 0 saturated carbocycles. The molecule has 13 heavy (non-hydrogen) atoms. The Hall–Kier alpha value is -0.890. The van der Waals surface area contributed by atoms with Crippen LogP contribution in [0.15, 0.2) is 18.2 Å². The van der Waals surface area contributed by atoms with Crippen molar-refractivity contribution in [1.29, 1.82) is 0 Å². The number of carbonyl (C=O) groups excluding carboxylic acids is 1. The van der Waals surface area contributed by atoms with Crippen LogP contribution in [0.3, 0.4) is 0 Å². The van der Waals surface area contributed by atoms with Gasteiger partial charge in [0.2, 0.25) is 0 Å². The summed E-state index contributed by atoms with van der Waals surface area (Å²) in [7, 11) is 0. The van der Waals surface area contributed by atoms with Gasteiger partial charge in [-0.05, 0) is 25.1 Å². The molecule has 1 rings (SSSR count). The molecule has 72 valence electrons. The summed E-state index contributed by atoms with van der Waals surface area (Å²) in [4.78, 5) is 10.7. The van der Waals surface area contributed by atoms with Gasteiger partial charge in [0.15, 0.2) is 5.78 Å². The van der Waals surface area contributed by atoms with Gasteiger partial charge in [0.05, 0.1) is 5.56 Å². The Labute approximate surface area is 82.5 Å². The van der Waals surface area contributed by atoms with Crippen LogP contribution in [0.25, 0.3) is 0 Å². The summed E-state index contributed by atoms with van der Waals surface area (Å²) in [6.07, 6.45) is 0. The molecular formula is C10H12ClFO. The molecule has 3 heteroatoms. The number of hydrogen-bond acceptors (Lipinski definition) is 1. The van der Waals surface area contributed by atoms with Crippen molar-refractivity contribution < 1.29 is 9.18 Å². The number of hydrogen-bond donors (Lipinski definition) is 0. The molecule has 0 aliphatic carbocycles. The minimum atomic E-state index is -0.526. The summed E-state index contributed by atoms with van der Waals surface area (Å²) >= 11 is 5.54. The fourth-order valence-electron chi connectivity index (χ4n) is 0.767. The Kier molecular flexibility index (Phi) is 5.31. The van der Waals surface area contributed by atoms with E-state index in [-0.39, 0.29) is 11.3 Å². The molecule has 1 aromatic carbocycles. The van der Waals surface area contributed by atoms with Crippen LogP contribution in [0.1, 0.15) is 31.1 Å². The van der Waals surface area contributed by atoms with Gasteiger partial charge in [-0.1, -0.05) is 25.4 Å². The van der Waals surface area contributed by atoms with Gasteiger partial charge in [-0.25, -0.2) is 4.39 Å². The van der Waals surface area contributed by atoms with Gasteiger partial charge >= 0.3 is 0 Å². The zero-order chi connectivity index (χ0) is 10.4. The van der Waals surface area contributed by atoms with E-state index in [4.69, 9.17) is 11.6 Å². The summed E-state index contributed by atoms with van der Waals surface area (Å²) in [5.41, 5.74) is 0.0394. The van der Waals surface area contributed by atoms with Crippen LogP contribution in [-0.2, 0) is 0 Å². The van der Waals surface area contributed by atoms with Crippen LogP contribution in [-0.4, -0.2) is 5.78 Å².